The highest BCUT2D eigenvalue weighted by Gasteiger charge is 2.15. The van der Waals surface area contributed by atoms with Crippen molar-refractivity contribution in [3.8, 4) is 11.3 Å². The lowest BCUT2D eigenvalue weighted by molar-refractivity contribution is 0.590. The Morgan fingerprint density at radius 1 is 1.17 bits per heavy atom. The predicted molar refractivity (Wildman–Crippen MR) is 79.5 cm³/mol. The molecule has 0 spiro atoms. The van der Waals surface area contributed by atoms with E-state index in [0.717, 1.165) is 15.9 Å². The lowest BCUT2D eigenvalue weighted by Crippen LogP contribution is -2.10. The molecular weight excluding hydrogens is 290 g/mol. The normalized spacial score (nSPS) is 11.8. The van der Waals surface area contributed by atoms with Crippen LogP contribution in [0, 0.1) is 0 Å². The van der Waals surface area contributed by atoms with Gasteiger partial charge in [-0.2, -0.15) is 0 Å². The van der Waals surface area contributed by atoms with Crippen LogP contribution in [-0.4, -0.2) is 9.55 Å². The van der Waals surface area contributed by atoms with Crippen LogP contribution in [0.2, 0.25) is 0 Å². The summed E-state index contributed by atoms with van der Waals surface area (Å²) < 4.78 is 2.73. The minimum absolute atomic E-state index is 0.166. The number of hydrogen-bond acceptors (Lipinski definition) is 2. The number of rotatable bonds is 1. The summed E-state index contributed by atoms with van der Waals surface area (Å²) in [6.07, 6.45) is 0. The van der Waals surface area contributed by atoms with Gasteiger partial charge in [0.05, 0.1) is 0 Å². The molecule has 0 aliphatic rings. The Morgan fingerprint density at radius 2 is 1.72 bits per heavy atom. The van der Waals surface area contributed by atoms with Gasteiger partial charge in [-0.25, -0.2) is 4.98 Å². The van der Waals surface area contributed by atoms with Crippen molar-refractivity contribution in [3.05, 3.63) is 34.4 Å². The van der Waals surface area contributed by atoms with E-state index in [1.807, 2.05) is 11.6 Å². The number of nitrogen functional groups attached to an aromatic ring is 1. The summed E-state index contributed by atoms with van der Waals surface area (Å²) in [6.45, 7) is 6.62. The SMILES string of the molecule is Cn1c(N)nc(-c2ccc(C(C)(C)C)cc2)c1Br. The molecule has 0 bridgehead atoms. The van der Waals surface area contributed by atoms with Crippen molar-refractivity contribution in [2.75, 3.05) is 5.73 Å². The van der Waals surface area contributed by atoms with Gasteiger partial charge in [0.2, 0.25) is 5.95 Å². The highest BCUT2D eigenvalue weighted by atomic mass is 79.9. The van der Waals surface area contributed by atoms with Crippen molar-refractivity contribution in [3.63, 3.8) is 0 Å². The first-order chi connectivity index (χ1) is 8.30. The van der Waals surface area contributed by atoms with Gasteiger partial charge >= 0.3 is 0 Å². The summed E-state index contributed by atoms with van der Waals surface area (Å²) in [5.74, 6) is 0.511. The van der Waals surface area contributed by atoms with Crippen LogP contribution in [0.15, 0.2) is 28.9 Å². The molecule has 96 valence electrons. The Bertz CT molecular complexity index is 562. The lowest BCUT2D eigenvalue weighted by atomic mass is 9.86. The van der Waals surface area contributed by atoms with E-state index in [9.17, 15) is 0 Å². The van der Waals surface area contributed by atoms with E-state index in [1.165, 1.54) is 5.56 Å². The monoisotopic (exact) mass is 307 g/mol. The molecule has 0 amide bonds. The van der Waals surface area contributed by atoms with Gasteiger partial charge in [-0.3, -0.25) is 0 Å². The number of imidazole rings is 1. The first-order valence-corrected chi connectivity index (χ1v) is 6.68. The number of nitrogens with two attached hydrogens (primary N) is 1. The molecule has 0 atom stereocenters. The summed E-state index contributed by atoms with van der Waals surface area (Å²) in [7, 11) is 1.89. The number of halogens is 1. The van der Waals surface area contributed by atoms with Gasteiger partial charge in [0.15, 0.2) is 0 Å². The largest absolute Gasteiger partial charge is 0.369 e. The lowest BCUT2D eigenvalue weighted by Gasteiger charge is -2.18. The van der Waals surface area contributed by atoms with E-state index >= 15 is 0 Å². The molecular formula is C14H18BrN3. The Labute approximate surface area is 116 Å². The molecule has 0 radical (unpaired) electrons. The molecule has 1 heterocycles. The molecule has 4 heteroatoms. The van der Waals surface area contributed by atoms with Crippen LogP contribution in [0.5, 0.6) is 0 Å². The molecule has 0 unspecified atom stereocenters. The van der Waals surface area contributed by atoms with Crippen LogP contribution in [0.1, 0.15) is 26.3 Å². The summed E-state index contributed by atoms with van der Waals surface area (Å²) >= 11 is 3.52. The fraction of sp³-hybridized carbons (Fsp3) is 0.357. The molecule has 18 heavy (non-hydrogen) atoms. The zero-order valence-electron chi connectivity index (χ0n) is 11.2. The smallest absolute Gasteiger partial charge is 0.201 e. The number of nitrogens with zero attached hydrogens (tertiary/aromatic N) is 2. The molecule has 2 rings (SSSR count). The Balaban J connectivity index is 2.44. The topological polar surface area (TPSA) is 43.8 Å². The summed E-state index contributed by atoms with van der Waals surface area (Å²) in [5.41, 5.74) is 9.23. The summed E-state index contributed by atoms with van der Waals surface area (Å²) in [6, 6.07) is 8.47. The van der Waals surface area contributed by atoms with Crippen LogP contribution < -0.4 is 5.73 Å². The fourth-order valence-corrected chi connectivity index (χ4v) is 2.31. The van der Waals surface area contributed by atoms with E-state index in [-0.39, 0.29) is 5.41 Å². The Kier molecular flexibility index (Phi) is 3.23. The van der Waals surface area contributed by atoms with Crippen molar-refractivity contribution in [2.24, 2.45) is 7.05 Å². The third-order valence-corrected chi connectivity index (χ3v) is 3.99. The fourth-order valence-electron chi connectivity index (χ4n) is 1.81. The molecule has 0 saturated heterocycles. The van der Waals surface area contributed by atoms with Gasteiger partial charge in [0.25, 0.3) is 0 Å². The molecule has 1 aromatic heterocycles. The first-order valence-electron chi connectivity index (χ1n) is 5.89. The number of benzene rings is 1. The number of aromatic nitrogens is 2. The van der Waals surface area contributed by atoms with Gasteiger partial charge in [-0.05, 0) is 26.9 Å². The molecule has 0 aliphatic heterocycles. The zero-order valence-corrected chi connectivity index (χ0v) is 12.7. The molecule has 2 N–H and O–H groups in total. The van der Waals surface area contributed by atoms with Crippen molar-refractivity contribution in [1.29, 1.82) is 0 Å². The maximum atomic E-state index is 5.80. The standard InChI is InChI=1S/C14H18BrN3/c1-14(2,3)10-7-5-9(6-8-10)11-12(15)18(4)13(16)17-11/h5-8H,1-4H3,(H2,16,17). The maximum Gasteiger partial charge on any atom is 0.201 e. The zero-order chi connectivity index (χ0) is 13.5. The molecule has 0 aliphatic carbocycles. The van der Waals surface area contributed by atoms with E-state index in [2.05, 4.69) is 66.0 Å². The Hall–Kier alpha value is -1.29. The number of anilines is 1. The van der Waals surface area contributed by atoms with Gasteiger partial charge in [-0.15, -0.1) is 0 Å². The average Bonchev–Trinajstić information content (AvgIpc) is 2.56. The summed E-state index contributed by atoms with van der Waals surface area (Å²) in [5, 5.41) is 0. The molecule has 1 aromatic carbocycles. The van der Waals surface area contributed by atoms with Crippen LogP contribution in [0.25, 0.3) is 11.3 Å². The third-order valence-electron chi connectivity index (χ3n) is 3.08. The van der Waals surface area contributed by atoms with Crippen molar-refractivity contribution in [1.82, 2.24) is 9.55 Å². The van der Waals surface area contributed by atoms with Crippen LogP contribution in [-0.2, 0) is 12.5 Å². The van der Waals surface area contributed by atoms with Gasteiger partial charge < -0.3 is 10.3 Å². The number of hydrogen-bond donors (Lipinski definition) is 1. The molecule has 2 aromatic rings. The molecule has 0 saturated carbocycles. The first kappa shape index (κ1) is 13.1. The summed E-state index contributed by atoms with van der Waals surface area (Å²) in [4.78, 5) is 4.37. The van der Waals surface area contributed by atoms with E-state index in [0.29, 0.717) is 5.95 Å². The van der Waals surface area contributed by atoms with E-state index < -0.39 is 0 Å². The van der Waals surface area contributed by atoms with Crippen LogP contribution in [0.3, 0.4) is 0 Å². The van der Waals surface area contributed by atoms with E-state index in [4.69, 9.17) is 5.73 Å². The molecule has 3 nitrogen and oxygen atoms in total. The second kappa shape index (κ2) is 4.43. The second-order valence-corrected chi connectivity index (χ2v) is 6.25. The predicted octanol–water partition coefficient (Wildman–Crippen LogP) is 3.73. The average molecular weight is 308 g/mol. The Morgan fingerprint density at radius 3 is 2.11 bits per heavy atom. The highest BCUT2D eigenvalue weighted by Crippen LogP contribution is 2.31. The third kappa shape index (κ3) is 2.29. The minimum atomic E-state index is 0.166. The van der Waals surface area contributed by atoms with Gasteiger partial charge in [-0.1, -0.05) is 45.0 Å². The van der Waals surface area contributed by atoms with Crippen molar-refractivity contribution < 1.29 is 0 Å². The quantitative estimate of drug-likeness (QED) is 0.872. The van der Waals surface area contributed by atoms with Crippen molar-refractivity contribution >= 4 is 21.9 Å². The van der Waals surface area contributed by atoms with Crippen molar-refractivity contribution in [2.45, 2.75) is 26.2 Å². The minimum Gasteiger partial charge on any atom is -0.369 e. The highest BCUT2D eigenvalue weighted by molar-refractivity contribution is 9.10. The van der Waals surface area contributed by atoms with Crippen LogP contribution >= 0.6 is 15.9 Å². The van der Waals surface area contributed by atoms with Gasteiger partial charge in [0, 0.05) is 12.6 Å². The van der Waals surface area contributed by atoms with Crippen LogP contribution in [0.4, 0.5) is 5.95 Å². The maximum absolute atomic E-state index is 5.80. The van der Waals surface area contributed by atoms with E-state index in [1.54, 1.807) is 0 Å². The van der Waals surface area contributed by atoms with Gasteiger partial charge in [0.1, 0.15) is 10.3 Å². The second-order valence-electron chi connectivity index (χ2n) is 5.50. The molecule has 0 fully saturated rings.